The van der Waals surface area contributed by atoms with E-state index in [0.29, 0.717) is 18.9 Å². The van der Waals surface area contributed by atoms with Gasteiger partial charge >= 0.3 is 0 Å². The number of nitrogens with one attached hydrogen (secondary N) is 2. The molecule has 1 aromatic rings. The summed E-state index contributed by atoms with van der Waals surface area (Å²) in [6, 6.07) is 8.40. The Balaban J connectivity index is 1.98. The number of ether oxygens (including phenoxy) is 1. The summed E-state index contributed by atoms with van der Waals surface area (Å²) < 4.78 is 5.05. The third kappa shape index (κ3) is 6.64. The molecule has 8 heteroatoms. The van der Waals surface area contributed by atoms with Crippen molar-refractivity contribution in [1.29, 1.82) is 0 Å². The van der Waals surface area contributed by atoms with Crippen LogP contribution in [0, 0.1) is 5.92 Å². The maximum absolute atomic E-state index is 12.5. The molecule has 1 aromatic carbocycles. The minimum absolute atomic E-state index is 0.293. The van der Waals surface area contributed by atoms with Gasteiger partial charge in [-0.2, -0.15) is 0 Å². The molecule has 0 aromatic heterocycles. The predicted molar refractivity (Wildman–Crippen MR) is 108 cm³/mol. The lowest BCUT2D eigenvalue weighted by atomic mass is 10.00. The number of carbonyl (C=O) groups excluding carboxylic acids is 2. The van der Waals surface area contributed by atoms with Crippen LogP contribution in [0.15, 0.2) is 36.4 Å². The van der Waals surface area contributed by atoms with Gasteiger partial charge in [0, 0.05) is 13.7 Å². The standard InChI is InChI=1S/C21H30N2O6/c1-13-8-10-15(20(27)22-12-13)23-21(28)19(29-2)18(26)17(25)16(24)11-9-14-6-4-3-5-7-14/h3-7,9,11,13,15-19,24-26H,8,10,12H2,1-2H3,(H,22,27)(H,23,28)/b11-9+/t13-,15+,16-,17+,18-,19-/m1/s1. The molecule has 2 rings (SSSR count). The monoisotopic (exact) mass is 406 g/mol. The molecule has 1 saturated heterocycles. The van der Waals surface area contributed by atoms with Gasteiger partial charge in [0.25, 0.3) is 5.91 Å². The number of aliphatic hydroxyl groups excluding tert-OH is 3. The van der Waals surface area contributed by atoms with Crippen molar-refractivity contribution in [1.82, 2.24) is 10.6 Å². The Morgan fingerprint density at radius 3 is 2.55 bits per heavy atom. The molecule has 2 amide bonds. The van der Waals surface area contributed by atoms with E-state index in [1.165, 1.54) is 13.2 Å². The lowest BCUT2D eigenvalue weighted by molar-refractivity contribution is -0.150. The summed E-state index contributed by atoms with van der Waals surface area (Å²) in [7, 11) is 1.21. The molecule has 160 valence electrons. The van der Waals surface area contributed by atoms with Crippen molar-refractivity contribution in [3.8, 4) is 0 Å². The molecule has 0 saturated carbocycles. The minimum Gasteiger partial charge on any atom is -0.387 e. The van der Waals surface area contributed by atoms with Gasteiger partial charge in [-0.25, -0.2) is 0 Å². The second kappa shape index (κ2) is 11.1. The van der Waals surface area contributed by atoms with Crippen LogP contribution in [0.2, 0.25) is 0 Å². The van der Waals surface area contributed by atoms with Gasteiger partial charge in [-0.15, -0.1) is 0 Å². The summed E-state index contributed by atoms with van der Waals surface area (Å²) in [5, 5.41) is 36.1. The average Bonchev–Trinajstić information content (AvgIpc) is 2.88. The Hall–Kier alpha value is -2.26. The summed E-state index contributed by atoms with van der Waals surface area (Å²) in [5.41, 5.74) is 0.808. The van der Waals surface area contributed by atoms with E-state index in [2.05, 4.69) is 10.6 Å². The van der Waals surface area contributed by atoms with Crippen LogP contribution < -0.4 is 10.6 Å². The third-order valence-corrected chi connectivity index (χ3v) is 5.01. The Morgan fingerprint density at radius 1 is 1.21 bits per heavy atom. The molecule has 1 heterocycles. The zero-order valence-electron chi connectivity index (χ0n) is 16.7. The fraction of sp³-hybridized carbons (Fsp3) is 0.524. The van der Waals surface area contributed by atoms with Crippen LogP contribution in [0.4, 0.5) is 0 Å². The smallest absolute Gasteiger partial charge is 0.252 e. The summed E-state index contributed by atoms with van der Waals surface area (Å²) >= 11 is 0. The van der Waals surface area contributed by atoms with Crippen molar-refractivity contribution < 1.29 is 29.6 Å². The molecule has 0 spiro atoms. The van der Waals surface area contributed by atoms with E-state index in [0.717, 1.165) is 12.0 Å². The first-order chi connectivity index (χ1) is 13.8. The molecule has 0 aliphatic carbocycles. The number of hydrogen-bond donors (Lipinski definition) is 5. The number of hydrogen-bond acceptors (Lipinski definition) is 6. The second-order valence-electron chi connectivity index (χ2n) is 7.39. The van der Waals surface area contributed by atoms with Gasteiger partial charge in [-0.1, -0.05) is 49.4 Å². The molecule has 6 atom stereocenters. The van der Waals surface area contributed by atoms with Crippen molar-refractivity contribution in [2.45, 2.75) is 50.2 Å². The summed E-state index contributed by atoms with van der Waals surface area (Å²) in [6.07, 6.45) is -2.06. The van der Waals surface area contributed by atoms with Gasteiger partial charge in [-0.05, 0) is 24.3 Å². The number of aliphatic hydroxyl groups is 3. The van der Waals surface area contributed by atoms with Gasteiger partial charge < -0.3 is 30.7 Å². The summed E-state index contributed by atoms with van der Waals surface area (Å²) in [4.78, 5) is 24.7. The van der Waals surface area contributed by atoms with Crippen LogP contribution in [-0.2, 0) is 14.3 Å². The molecule has 8 nitrogen and oxygen atoms in total. The second-order valence-corrected chi connectivity index (χ2v) is 7.39. The Bertz CT molecular complexity index is 696. The van der Waals surface area contributed by atoms with Gasteiger partial charge in [0.05, 0.1) is 0 Å². The van der Waals surface area contributed by atoms with Gasteiger partial charge in [-0.3, -0.25) is 9.59 Å². The van der Waals surface area contributed by atoms with Crippen LogP contribution in [0.1, 0.15) is 25.3 Å². The van der Waals surface area contributed by atoms with Crippen LogP contribution in [0.3, 0.4) is 0 Å². The highest BCUT2D eigenvalue weighted by Crippen LogP contribution is 2.14. The fourth-order valence-corrected chi connectivity index (χ4v) is 3.14. The number of rotatable bonds is 8. The summed E-state index contributed by atoms with van der Waals surface area (Å²) in [6.45, 7) is 2.55. The number of carbonyl (C=O) groups is 2. The first kappa shape index (κ1) is 23.0. The van der Waals surface area contributed by atoms with E-state index in [-0.39, 0.29) is 5.91 Å². The lowest BCUT2D eigenvalue weighted by Crippen LogP contribution is -2.55. The van der Waals surface area contributed by atoms with Crippen molar-refractivity contribution in [3.63, 3.8) is 0 Å². The zero-order valence-corrected chi connectivity index (χ0v) is 16.7. The lowest BCUT2D eigenvalue weighted by Gasteiger charge is -2.28. The van der Waals surface area contributed by atoms with E-state index in [1.54, 1.807) is 6.08 Å². The van der Waals surface area contributed by atoms with Gasteiger partial charge in [0.2, 0.25) is 5.91 Å². The Labute approximate surface area is 170 Å². The number of benzene rings is 1. The largest absolute Gasteiger partial charge is 0.387 e. The molecule has 5 N–H and O–H groups in total. The fourth-order valence-electron chi connectivity index (χ4n) is 3.14. The van der Waals surface area contributed by atoms with E-state index in [1.807, 2.05) is 37.3 Å². The van der Waals surface area contributed by atoms with Crippen LogP contribution in [0.5, 0.6) is 0 Å². The van der Waals surface area contributed by atoms with E-state index < -0.39 is 36.4 Å². The molecule has 0 unspecified atom stereocenters. The molecule has 1 aliphatic heterocycles. The maximum Gasteiger partial charge on any atom is 0.252 e. The highest BCUT2D eigenvalue weighted by molar-refractivity contribution is 5.89. The Morgan fingerprint density at radius 2 is 1.90 bits per heavy atom. The SMILES string of the molecule is CO[C@@H](C(=O)N[C@H]1CC[C@@H](C)CNC1=O)[C@H](O)[C@@H](O)[C@H](O)/C=C/c1ccccc1. The topological polar surface area (TPSA) is 128 Å². The highest BCUT2D eigenvalue weighted by atomic mass is 16.5. The van der Waals surface area contributed by atoms with Gasteiger partial charge in [0.1, 0.15) is 24.4 Å². The van der Waals surface area contributed by atoms with E-state index >= 15 is 0 Å². The average molecular weight is 406 g/mol. The van der Waals surface area contributed by atoms with Crippen LogP contribution in [-0.4, -0.2) is 71.2 Å². The molecule has 1 fully saturated rings. The van der Waals surface area contributed by atoms with Crippen molar-refractivity contribution in [2.24, 2.45) is 5.92 Å². The number of amides is 2. The first-order valence-corrected chi connectivity index (χ1v) is 9.71. The summed E-state index contributed by atoms with van der Waals surface area (Å²) in [5.74, 6) is -0.718. The molecule has 0 bridgehead atoms. The highest BCUT2D eigenvalue weighted by Gasteiger charge is 2.37. The van der Waals surface area contributed by atoms with Crippen LogP contribution >= 0.6 is 0 Å². The van der Waals surface area contributed by atoms with Crippen molar-refractivity contribution in [3.05, 3.63) is 42.0 Å². The number of methoxy groups -OCH3 is 1. The maximum atomic E-state index is 12.5. The van der Waals surface area contributed by atoms with Crippen molar-refractivity contribution in [2.75, 3.05) is 13.7 Å². The molecule has 29 heavy (non-hydrogen) atoms. The van der Waals surface area contributed by atoms with Crippen molar-refractivity contribution >= 4 is 17.9 Å². The van der Waals surface area contributed by atoms with E-state index in [9.17, 15) is 24.9 Å². The molecule has 1 aliphatic rings. The molecule has 0 radical (unpaired) electrons. The quantitative estimate of drug-likeness (QED) is 0.408. The molecular formula is C21H30N2O6. The van der Waals surface area contributed by atoms with Gasteiger partial charge in [0.15, 0.2) is 6.10 Å². The van der Waals surface area contributed by atoms with Crippen LogP contribution in [0.25, 0.3) is 6.08 Å². The zero-order chi connectivity index (χ0) is 21.4. The Kier molecular flexibility index (Phi) is 8.78. The predicted octanol–water partition coefficient (Wildman–Crippen LogP) is -0.172. The third-order valence-electron chi connectivity index (χ3n) is 5.01. The normalized spacial score (nSPS) is 24.2. The minimum atomic E-state index is -1.69. The first-order valence-electron chi connectivity index (χ1n) is 9.71. The van der Waals surface area contributed by atoms with E-state index in [4.69, 9.17) is 4.74 Å². The molecular weight excluding hydrogens is 376 g/mol.